The summed E-state index contributed by atoms with van der Waals surface area (Å²) < 4.78 is 28.5. The molecule has 0 bridgehead atoms. The van der Waals surface area contributed by atoms with Crippen molar-refractivity contribution in [1.29, 1.82) is 0 Å². The van der Waals surface area contributed by atoms with E-state index in [1.807, 2.05) is 6.07 Å². The maximum atomic E-state index is 5.88. The highest BCUT2D eigenvalue weighted by Gasteiger charge is 2.28. The van der Waals surface area contributed by atoms with E-state index < -0.39 is 0 Å². The van der Waals surface area contributed by atoms with Gasteiger partial charge in [-0.05, 0) is 77.1 Å². The summed E-state index contributed by atoms with van der Waals surface area (Å²) in [6.07, 6.45) is 5.81. The monoisotopic (exact) mass is 598 g/mol. The Morgan fingerprint density at radius 3 is 1.55 bits per heavy atom. The first-order valence-electron chi connectivity index (χ1n) is 15.9. The Hall–Kier alpha value is -3.68. The van der Waals surface area contributed by atoms with Gasteiger partial charge in [0, 0.05) is 50.2 Å². The first kappa shape index (κ1) is 30.4. The second kappa shape index (κ2) is 13.5. The van der Waals surface area contributed by atoms with E-state index in [1.165, 1.54) is 46.7 Å². The molecular weight excluding hydrogens is 552 g/mol. The number of hydrogen-bond acceptors (Lipinski definition) is 7. The molecule has 1 saturated heterocycles. The largest absolute Gasteiger partial charge is 0.493 e. The maximum absolute atomic E-state index is 5.88. The Labute approximate surface area is 261 Å². The van der Waals surface area contributed by atoms with Gasteiger partial charge < -0.3 is 33.5 Å². The van der Waals surface area contributed by atoms with Gasteiger partial charge in [0.05, 0.1) is 35.5 Å². The summed E-state index contributed by atoms with van der Waals surface area (Å²) in [6.45, 7) is 6.55. The highest BCUT2D eigenvalue weighted by Crippen LogP contribution is 2.48. The quantitative estimate of drug-likeness (QED) is 0.180. The number of rotatable bonds is 12. The van der Waals surface area contributed by atoms with E-state index in [4.69, 9.17) is 23.7 Å². The van der Waals surface area contributed by atoms with Gasteiger partial charge in [-0.15, -0.1) is 0 Å². The van der Waals surface area contributed by atoms with Gasteiger partial charge in [-0.25, -0.2) is 0 Å². The number of fused-ring (bicyclic) bond motifs is 2. The van der Waals surface area contributed by atoms with Crippen molar-refractivity contribution in [3.05, 3.63) is 65.2 Å². The summed E-state index contributed by atoms with van der Waals surface area (Å²) in [5.41, 5.74) is 4.04. The predicted octanol–water partition coefficient (Wildman–Crippen LogP) is 6.71. The van der Waals surface area contributed by atoms with Crippen molar-refractivity contribution in [2.45, 2.75) is 38.0 Å². The Bertz CT molecular complexity index is 1610. The normalized spacial score (nSPS) is 16.2. The first-order chi connectivity index (χ1) is 21.6. The van der Waals surface area contributed by atoms with Crippen LogP contribution in [-0.4, -0.2) is 84.6 Å². The van der Waals surface area contributed by atoms with Crippen molar-refractivity contribution in [2.75, 3.05) is 74.8 Å². The third-order valence-electron chi connectivity index (χ3n) is 9.71. The average Bonchev–Trinajstić information content (AvgIpc) is 3.04. The number of methoxy groups -OCH3 is 5. The van der Waals surface area contributed by atoms with E-state index in [2.05, 4.69) is 52.3 Å². The average molecular weight is 599 g/mol. The molecule has 1 heterocycles. The van der Waals surface area contributed by atoms with Crippen LogP contribution < -0.4 is 23.7 Å². The third kappa shape index (κ3) is 6.00. The van der Waals surface area contributed by atoms with E-state index in [0.717, 1.165) is 80.1 Å². The van der Waals surface area contributed by atoms with Crippen LogP contribution in [0.25, 0.3) is 21.5 Å². The molecule has 7 heteroatoms. The number of benzene rings is 4. The molecule has 1 aliphatic heterocycles. The summed E-state index contributed by atoms with van der Waals surface area (Å²) in [4.78, 5) is 5.20. The van der Waals surface area contributed by atoms with Crippen molar-refractivity contribution < 1.29 is 23.7 Å². The smallest absolute Gasteiger partial charge is 0.203 e. The van der Waals surface area contributed by atoms with Crippen LogP contribution in [-0.2, 0) is 12.8 Å². The molecule has 7 nitrogen and oxygen atoms in total. The van der Waals surface area contributed by atoms with E-state index in [-0.39, 0.29) is 0 Å². The molecule has 1 aliphatic carbocycles. The maximum Gasteiger partial charge on any atom is 0.203 e. The van der Waals surface area contributed by atoms with E-state index in [0.29, 0.717) is 17.4 Å². The first-order valence-corrected chi connectivity index (χ1v) is 15.9. The molecule has 234 valence electrons. The summed E-state index contributed by atoms with van der Waals surface area (Å²) in [6, 6.07) is 17.7. The SMILES string of the molecule is COc1cc2ccc(CCN3CCN(CCc4ccc5cc(OC)c(OC)c(C6CCC6)c5c4)CC3)cc2c(OC)c1OC. The lowest BCUT2D eigenvalue weighted by Gasteiger charge is -2.34. The minimum absolute atomic E-state index is 0.564. The molecule has 0 spiro atoms. The van der Waals surface area contributed by atoms with Crippen molar-refractivity contribution in [2.24, 2.45) is 0 Å². The Morgan fingerprint density at radius 2 is 1.07 bits per heavy atom. The lowest BCUT2D eigenvalue weighted by molar-refractivity contribution is 0.134. The zero-order chi connectivity index (χ0) is 30.6. The van der Waals surface area contributed by atoms with Gasteiger partial charge in [0.2, 0.25) is 5.75 Å². The van der Waals surface area contributed by atoms with Gasteiger partial charge in [-0.3, -0.25) is 0 Å². The van der Waals surface area contributed by atoms with Crippen LogP contribution >= 0.6 is 0 Å². The molecule has 44 heavy (non-hydrogen) atoms. The Morgan fingerprint density at radius 1 is 0.568 bits per heavy atom. The highest BCUT2D eigenvalue weighted by molar-refractivity contribution is 5.94. The summed E-state index contributed by atoms with van der Waals surface area (Å²) in [5.74, 6) is 4.37. The molecule has 4 aromatic carbocycles. The van der Waals surface area contributed by atoms with E-state index in [9.17, 15) is 0 Å². The van der Waals surface area contributed by atoms with Gasteiger partial charge in [-0.2, -0.15) is 0 Å². The van der Waals surface area contributed by atoms with Crippen molar-refractivity contribution >= 4 is 21.5 Å². The number of hydrogen-bond donors (Lipinski definition) is 0. The summed E-state index contributed by atoms with van der Waals surface area (Å²) in [5, 5.41) is 4.71. The molecule has 6 rings (SSSR count). The van der Waals surface area contributed by atoms with Crippen LogP contribution in [0.2, 0.25) is 0 Å². The predicted molar refractivity (Wildman–Crippen MR) is 178 cm³/mol. The molecule has 0 amide bonds. The summed E-state index contributed by atoms with van der Waals surface area (Å²) >= 11 is 0. The fourth-order valence-corrected chi connectivity index (χ4v) is 6.93. The van der Waals surface area contributed by atoms with Crippen LogP contribution in [0.5, 0.6) is 28.7 Å². The van der Waals surface area contributed by atoms with Gasteiger partial charge in [-0.1, -0.05) is 36.8 Å². The zero-order valence-electron chi connectivity index (χ0n) is 26.9. The highest BCUT2D eigenvalue weighted by atomic mass is 16.5. The minimum Gasteiger partial charge on any atom is -0.493 e. The topological polar surface area (TPSA) is 52.6 Å². The van der Waals surface area contributed by atoms with Crippen LogP contribution in [0.1, 0.15) is 41.9 Å². The van der Waals surface area contributed by atoms with Gasteiger partial charge in [0.25, 0.3) is 0 Å². The zero-order valence-corrected chi connectivity index (χ0v) is 26.9. The van der Waals surface area contributed by atoms with Crippen LogP contribution in [0.4, 0.5) is 0 Å². The molecule has 0 unspecified atom stereocenters. The lowest BCUT2D eigenvalue weighted by atomic mass is 9.77. The van der Waals surface area contributed by atoms with Crippen LogP contribution in [0.3, 0.4) is 0 Å². The van der Waals surface area contributed by atoms with Gasteiger partial charge in [0.15, 0.2) is 23.0 Å². The van der Waals surface area contributed by atoms with Crippen molar-refractivity contribution in [3.8, 4) is 28.7 Å². The Balaban J connectivity index is 1.06. The molecule has 0 radical (unpaired) electrons. The van der Waals surface area contributed by atoms with E-state index in [1.54, 1.807) is 35.5 Å². The molecule has 4 aromatic rings. The van der Waals surface area contributed by atoms with Crippen LogP contribution in [0.15, 0.2) is 48.5 Å². The van der Waals surface area contributed by atoms with Crippen molar-refractivity contribution in [3.63, 3.8) is 0 Å². The molecule has 2 fully saturated rings. The molecular formula is C37H46N2O5. The fourth-order valence-electron chi connectivity index (χ4n) is 6.93. The standard InChI is InChI=1S/C37H46N2O5/c1-40-32-23-28-11-9-25(21-30(28)34(36(32)43-4)27-7-6-8-27)13-15-38-17-19-39(20-18-38)16-14-26-10-12-29-24-33(41-2)37(44-5)35(42-3)31(29)22-26/h9-12,21-24,27H,6-8,13-20H2,1-5H3. The fraction of sp³-hybridized carbons (Fsp3) is 0.459. The Kier molecular flexibility index (Phi) is 9.33. The number of ether oxygens (including phenoxy) is 5. The second-order valence-corrected chi connectivity index (χ2v) is 12.1. The molecule has 0 aromatic heterocycles. The molecule has 1 saturated carbocycles. The summed E-state index contributed by atoms with van der Waals surface area (Å²) in [7, 11) is 8.49. The molecule has 0 atom stereocenters. The number of piperazine rings is 1. The van der Waals surface area contributed by atoms with Crippen molar-refractivity contribution in [1.82, 2.24) is 9.80 Å². The van der Waals surface area contributed by atoms with Crippen LogP contribution in [0, 0.1) is 0 Å². The van der Waals surface area contributed by atoms with E-state index >= 15 is 0 Å². The third-order valence-corrected chi connectivity index (χ3v) is 9.71. The lowest BCUT2D eigenvalue weighted by Crippen LogP contribution is -2.47. The second-order valence-electron chi connectivity index (χ2n) is 12.1. The van der Waals surface area contributed by atoms with Gasteiger partial charge >= 0.3 is 0 Å². The van der Waals surface area contributed by atoms with Gasteiger partial charge in [0.1, 0.15) is 0 Å². The minimum atomic E-state index is 0.564. The molecule has 0 N–H and O–H groups in total. The molecule has 2 aliphatic rings. The number of nitrogens with zero attached hydrogens (tertiary/aromatic N) is 2.